The Hall–Kier alpha value is -1.92. The van der Waals surface area contributed by atoms with Crippen LogP contribution in [0, 0.1) is 5.92 Å². The summed E-state index contributed by atoms with van der Waals surface area (Å²) in [6.07, 6.45) is 1.23. The molecule has 29 heavy (non-hydrogen) atoms. The molecule has 2 aromatic carbocycles. The Morgan fingerprint density at radius 2 is 1.83 bits per heavy atom. The summed E-state index contributed by atoms with van der Waals surface area (Å²) in [5.41, 5.74) is 1.61. The molecule has 0 aliphatic heterocycles. The van der Waals surface area contributed by atoms with Crippen LogP contribution >= 0.6 is 31.9 Å². The fraction of sp³-hybridized carbons (Fsp3) is 0.304. The molecule has 0 spiro atoms. The van der Waals surface area contributed by atoms with Gasteiger partial charge in [0.25, 0.3) is 0 Å². The molecule has 1 aromatic heterocycles. The van der Waals surface area contributed by atoms with Gasteiger partial charge in [0.05, 0.1) is 21.6 Å². The number of hydrogen-bond donors (Lipinski definition) is 0. The van der Waals surface area contributed by atoms with E-state index in [1.54, 1.807) is 25.3 Å². The number of carbonyl (C=O) groups is 2. The second kappa shape index (κ2) is 9.26. The molecule has 6 heteroatoms. The number of furan rings is 1. The minimum Gasteiger partial charge on any atom is -0.494 e. The normalized spacial score (nSPS) is 11.2. The number of fused-ring (bicyclic) bond motifs is 1. The number of Topliss-reactive ketones (excluding diaryl/α,β-unsaturated/α-hetero) is 1. The Balaban J connectivity index is 2.13. The van der Waals surface area contributed by atoms with Gasteiger partial charge in [-0.1, -0.05) is 44.2 Å². The van der Waals surface area contributed by atoms with Gasteiger partial charge >= 0.3 is 0 Å². The molecule has 0 bridgehead atoms. The number of ketones is 2. The SMILES string of the molecule is COc1c(Br)cc2oc(CCC(=O)CC(C)C)c(C(=O)c3ccccc3)c2c1Br. The average molecular weight is 522 g/mol. The van der Waals surface area contributed by atoms with Gasteiger partial charge < -0.3 is 9.15 Å². The standard InChI is InChI=1S/C23H22Br2O4/c1-13(2)11-15(26)9-10-17-20(22(27)14-7-5-4-6-8-14)19-18(29-17)12-16(24)23(28-3)21(19)25/h4-8,12-13H,9-11H2,1-3H3. The molecule has 0 N–H and O–H groups in total. The molecule has 152 valence electrons. The molecule has 4 nitrogen and oxygen atoms in total. The van der Waals surface area contributed by atoms with E-state index >= 15 is 0 Å². The van der Waals surface area contributed by atoms with Crippen LogP contribution in [-0.2, 0) is 11.2 Å². The lowest BCUT2D eigenvalue weighted by Crippen LogP contribution is -2.07. The quantitative estimate of drug-likeness (QED) is 0.308. The van der Waals surface area contributed by atoms with Crippen LogP contribution in [0.5, 0.6) is 5.75 Å². The van der Waals surface area contributed by atoms with Crippen LogP contribution < -0.4 is 4.74 Å². The minimum absolute atomic E-state index is 0.138. The Labute approximate surface area is 186 Å². The van der Waals surface area contributed by atoms with Gasteiger partial charge in [-0.3, -0.25) is 9.59 Å². The summed E-state index contributed by atoms with van der Waals surface area (Å²) in [5.74, 6) is 1.43. The Morgan fingerprint density at radius 1 is 1.14 bits per heavy atom. The van der Waals surface area contributed by atoms with Gasteiger partial charge in [-0.2, -0.15) is 0 Å². The average Bonchev–Trinajstić information content (AvgIpc) is 3.04. The molecule has 1 heterocycles. The lowest BCUT2D eigenvalue weighted by molar-refractivity contribution is -0.119. The third kappa shape index (κ3) is 4.64. The van der Waals surface area contributed by atoms with Crippen molar-refractivity contribution in [2.75, 3.05) is 7.11 Å². The van der Waals surface area contributed by atoms with Crippen molar-refractivity contribution in [1.29, 1.82) is 0 Å². The van der Waals surface area contributed by atoms with Crippen LogP contribution in [0.4, 0.5) is 0 Å². The van der Waals surface area contributed by atoms with Crippen LogP contribution in [0.1, 0.15) is 48.4 Å². The summed E-state index contributed by atoms with van der Waals surface area (Å²) in [4.78, 5) is 25.6. The van der Waals surface area contributed by atoms with E-state index in [-0.39, 0.29) is 11.6 Å². The number of hydrogen-bond acceptors (Lipinski definition) is 4. The monoisotopic (exact) mass is 520 g/mol. The van der Waals surface area contributed by atoms with Crippen LogP contribution in [0.15, 0.2) is 49.8 Å². The Morgan fingerprint density at radius 3 is 2.45 bits per heavy atom. The molecule has 0 aliphatic carbocycles. The molecule has 0 atom stereocenters. The van der Waals surface area contributed by atoms with Gasteiger partial charge in [0.15, 0.2) is 5.78 Å². The zero-order valence-electron chi connectivity index (χ0n) is 16.6. The highest BCUT2D eigenvalue weighted by molar-refractivity contribution is 9.11. The first-order valence-corrected chi connectivity index (χ1v) is 11.0. The number of methoxy groups -OCH3 is 1. The maximum absolute atomic E-state index is 13.4. The summed E-state index contributed by atoms with van der Waals surface area (Å²) >= 11 is 7.06. The number of rotatable bonds is 8. The van der Waals surface area contributed by atoms with Crippen molar-refractivity contribution in [2.45, 2.75) is 33.1 Å². The van der Waals surface area contributed by atoms with E-state index in [9.17, 15) is 9.59 Å². The zero-order valence-corrected chi connectivity index (χ0v) is 19.7. The van der Waals surface area contributed by atoms with Crippen molar-refractivity contribution in [1.82, 2.24) is 0 Å². The molecule has 0 aliphatic rings. The topological polar surface area (TPSA) is 56.5 Å². The molecular weight excluding hydrogens is 500 g/mol. The lowest BCUT2D eigenvalue weighted by atomic mass is 9.97. The van der Waals surface area contributed by atoms with Gasteiger partial charge in [-0.25, -0.2) is 0 Å². The van der Waals surface area contributed by atoms with E-state index in [4.69, 9.17) is 9.15 Å². The molecule has 3 aromatic rings. The lowest BCUT2D eigenvalue weighted by Gasteiger charge is -2.08. The first kappa shape index (κ1) is 21.8. The van der Waals surface area contributed by atoms with Crippen molar-refractivity contribution < 1.29 is 18.7 Å². The molecule has 0 unspecified atom stereocenters. The third-order valence-corrected chi connectivity index (χ3v) is 5.98. The highest BCUT2D eigenvalue weighted by Gasteiger charge is 2.26. The molecule has 0 radical (unpaired) electrons. The second-order valence-corrected chi connectivity index (χ2v) is 8.96. The van der Waals surface area contributed by atoms with Gasteiger partial charge in [-0.15, -0.1) is 0 Å². The smallest absolute Gasteiger partial charge is 0.197 e. The number of ether oxygens (including phenoxy) is 1. The predicted molar refractivity (Wildman–Crippen MR) is 121 cm³/mol. The highest BCUT2D eigenvalue weighted by Crippen LogP contribution is 2.43. The molecular formula is C23H22Br2O4. The van der Waals surface area contributed by atoms with Crippen molar-refractivity contribution in [2.24, 2.45) is 5.92 Å². The van der Waals surface area contributed by atoms with Crippen LogP contribution in [0.3, 0.4) is 0 Å². The fourth-order valence-electron chi connectivity index (χ4n) is 3.36. The first-order valence-electron chi connectivity index (χ1n) is 9.42. The molecule has 0 fully saturated rings. The Kier molecular flexibility index (Phi) is 6.96. The molecule has 0 amide bonds. The summed E-state index contributed by atoms with van der Waals surface area (Å²) in [6.45, 7) is 4.04. The largest absolute Gasteiger partial charge is 0.494 e. The Bertz CT molecular complexity index is 1050. The van der Waals surface area contributed by atoms with Gasteiger partial charge in [-0.05, 0) is 43.8 Å². The van der Waals surface area contributed by atoms with E-state index in [0.717, 1.165) is 0 Å². The first-order chi connectivity index (χ1) is 13.8. The second-order valence-electron chi connectivity index (χ2n) is 7.31. The van der Waals surface area contributed by atoms with Crippen LogP contribution in [-0.4, -0.2) is 18.7 Å². The summed E-state index contributed by atoms with van der Waals surface area (Å²) in [7, 11) is 1.57. The maximum atomic E-state index is 13.4. The van der Waals surface area contributed by atoms with Gasteiger partial charge in [0, 0.05) is 30.2 Å². The number of benzene rings is 2. The number of carbonyl (C=O) groups excluding carboxylic acids is 2. The highest BCUT2D eigenvalue weighted by atomic mass is 79.9. The molecule has 3 rings (SSSR count). The van der Waals surface area contributed by atoms with E-state index in [1.807, 2.05) is 32.0 Å². The summed E-state index contributed by atoms with van der Waals surface area (Å²) in [5, 5.41) is 0.658. The van der Waals surface area contributed by atoms with Gasteiger partial charge in [0.2, 0.25) is 0 Å². The van der Waals surface area contributed by atoms with Crippen molar-refractivity contribution in [3.05, 3.63) is 62.2 Å². The van der Waals surface area contributed by atoms with Crippen molar-refractivity contribution >= 4 is 54.4 Å². The zero-order chi connectivity index (χ0) is 21.1. The van der Waals surface area contributed by atoms with Gasteiger partial charge in [0.1, 0.15) is 22.9 Å². The van der Waals surface area contributed by atoms with Crippen molar-refractivity contribution in [3.63, 3.8) is 0 Å². The predicted octanol–water partition coefficient (Wildman–Crippen LogP) is 6.75. The number of halogens is 2. The van der Waals surface area contributed by atoms with E-state index < -0.39 is 0 Å². The fourth-order valence-corrected chi connectivity index (χ4v) is 4.97. The molecule has 0 saturated carbocycles. The van der Waals surface area contributed by atoms with Crippen LogP contribution in [0.25, 0.3) is 11.0 Å². The van der Waals surface area contributed by atoms with E-state index in [0.29, 0.717) is 67.7 Å². The van der Waals surface area contributed by atoms with E-state index in [1.165, 1.54) is 0 Å². The summed E-state index contributed by atoms with van der Waals surface area (Å²) in [6, 6.07) is 10.9. The minimum atomic E-state index is -0.138. The third-order valence-electron chi connectivity index (χ3n) is 4.64. The van der Waals surface area contributed by atoms with E-state index in [2.05, 4.69) is 31.9 Å². The van der Waals surface area contributed by atoms with Crippen molar-refractivity contribution in [3.8, 4) is 5.75 Å². The van der Waals surface area contributed by atoms with Crippen LogP contribution in [0.2, 0.25) is 0 Å². The maximum Gasteiger partial charge on any atom is 0.197 e. The summed E-state index contributed by atoms with van der Waals surface area (Å²) < 4.78 is 12.9. The molecule has 0 saturated heterocycles. The number of aryl methyl sites for hydroxylation is 1.